The number of halogens is 1. The Kier molecular flexibility index (Phi) is 8.11. The van der Waals surface area contributed by atoms with Crippen LogP contribution in [0.25, 0.3) is 11.1 Å². The minimum atomic E-state index is -3.54. The zero-order valence-electron chi connectivity index (χ0n) is 20.9. The van der Waals surface area contributed by atoms with Gasteiger partial charge in [-0.05, 0) is 41.5 Å². The van der Waals surface area contributed by atoms with Crippen LogP contribution in [0.3, 0.4) is 0 Å². The fraction of sp³-hybridized carbons (Fsp3) is 0.0714. The molecule has 0 radical (unpaired) electrons. The molecule has 0 aliphatic carbocycles. The maximum absolute atomic E-state index is 15.2. The monoisotopic (exact) mass is 547 g/mol. The van der Waals surface area contributed by atoms with Crippen LogP contribution >= 0.6 is 0 Å². The molecule has 0 atom stereocenters. The standard InChI is InChI=1S/C28H26FN5O4S/c1-39(37,38)26-13-6-5-12-23(26)20-14-15-25(24(29)17-20)31-28(35)34(18-19-8-3-2-4-9-19)32-22-11-7-10-21(16-22)27(30)33-36/h2-17,32,36H,18H2,1H3,(H2,30,33)(H,31,35). The first-order valence-electron chi connectivity index (χ1n) is 11.7. The van der Waals surface area contributed by atoms with Gasteiger partial charge in [-0.25, -0.2) is 22.6 Å². The fourth-order valence-electron chi connectivity index (χ4n) is 3.88. The number of urea groups is 1. The highest BCUT2D eigenvalue weighted by Crippen LogP contribution is 2.30. The van der Waals surface area contributed by atoms with Crippen LogP contribution in [-0.2, 0) is 16.4 Å². The quantitative estimate of drug-likeness (QED) is 0.105. The number of oxime groups is 1. The summed E-state index contributed by atoms with van der Waals surface area (Å²) < 4.78 is 39.5. The highest BCUT2D eigenvalue weighted by molar-refractivity contribution is 7.90. The molecule has 2 amide bonds. The minimum absolute atomic E-state index is 0.0773. The van der Waals surface area contributed by atoms with Crippen LogP contribution < -0.4 is 16.5 Å². The molecule has 11 heteroatoms. The second-order valence-electron chi connectivity index (χ2n) is 8.64. The number of anilines is 2. The van der Waals surface area contributed by atoms with Gasteiger partial charge in [0.25, 0.3) is 0 Å². The zero-order valence-corrected chi connectivity index (χ0v) is 21.7. The molecule has 0 heterocycles. The lowest BCUT2D eigenvalue weighted by atomic mass is 10.1. The molecule has 0 saturated carbocycles. The van der Waals surface area contributed by atoms with E-state index < -0.39 is 21.7 Å². The number of carbonyl (C=O) groups is 1. The first kappa shape index (κ1) is 27.1. The summed E-state index contributed by atoms with van der Waals surface area (Å²) in [6.07, 6.45) is 1.09. The molecule has 39 heavy (non-hydrogen) atoms. The average Bonchev–Trinajstić information content (AvgIpc) is 2.93. The van der Waals surface area contributed by atoms with Crippen molar-refractivity contribution in [3.8, 4) is 11.1 Å². The summed E-state index contributed by atoms with van der Waals surface area (Å²) in [5, 5.41) is 15.8. The van der Waals surface area contributed by atoms with E-state index in [2.05, 4.69) is 15.9 Å². The predicted molar refractivity (Wildman–Crippen MR) is 149 cm³/mol. The zero-order chi connectivity index (χ0) is 28.0. The van der Waals surface area contributed by atoms with E-state index in [-0.39, 0.29) is 23.0 Å². The number of benzene rings is 4. The molecule has 0 fully saturated rings. The van der Waals surface area contributed by atoms with E-state index in [0.717, 1.165) is 11.8 Å². The molecule has 0 aliphatic rings. The van der Waals surface area contributed by atoms with Crippen LogP contribution in [0.2, 0.25) is 0 Å². The third kappa shape index (κ3) is 6.70. The first-order valence-corrected chi connectivity index (χ1v) is 13.6. The van der Waals surface area contributed by atoms with Crippen molar-refractivity contribution < 1.29 is 22.8 Å². The lowest BCUT2D eigenvalue weighted by molar-refractivity contribution is 0.220. The number of hydrogen-bond acceptors (Lipinski definition) is 6. The average molecular weight is 548 g/mol. The molecule has 4 rings (SSSR count). The molecular weight excluding hydrogens is 521 g/mol. The topological polar surface area (TPSA) is 137 Å². The number of hydrazine groups is 1. The van der Waals surface area contributed by atoms with Crippen molar-refractivity contribution >= 4 is 33.1 Å². The van der Waals surface area contributed by atoms with Crippen molar-refractivity contribution in [3.05, 3.63) is 114 Å². The summed E-state index contributed by atoms with van der Waals surface area (Å²) in [5.41, 5.74) is 11.0. The Labute approximate surface area is 225 Å². The third-order valence-corrected chi connectivity index (χ3v) is 6.92. The van der Waals surface area contributed by atoms with E-state index in [0.29, 0.717) is 22.4 Å². The smallest absolute Gasteiger partial charge is 0.340 e. The predicted octanol–water partition coefficient (Wildman–Crippen LogP) is 5.05. The molecule has 0 unspecified atom stereocenters. The number of rotatable bonds is 8. The minimum Gasteiger partial charge on any atom is -0.409 e. The van der Waals surface area contributed by atoms with E-state index in [1.807, 2.05) is 30.3 Å². The summed E-state index contributed by atoms with van der Waals surface area (Å²) in [7, 11) is -3.54. The summed E-state index contributed by atoms with van der Waals surface area (Å²) in [6, 6.07) is 25.5. The normalized spacial score (nSPS) is 11.6. The molecule has 0 aromatic heterocycles. The SMILES string of the molecule is CS(=O)(=O)c1ccccc1-c1ccc(NC(=O)N(Cc2ccccc2)Nc2cccc(C(N)=NO)c2)c(F)c1. The van der Waals surface area contributed by atoms with Gasteiger partial charge in [-0.2, -0.15) is 0 Å². The van der Waals surface area contributed by atoms with Crippen LogP contribution in [0.15, 0.2) is 107 Å². The molecule has 4 aromatic carbocycles. The molecule has 9 nitrogen and oxygen atoms in total. The Hall–Kier alpha value is -4.90. The molecule has 4 aromatic rings. The molecule has 5 N–H and O–H groups in total. The Morgan fingerprint density at radius 1 is 0.974 bits per heavy atom. The number of hydrogen-bond donors (Lipinski definition) is 4. The number of nitrogens with zero attached hydrogens (tertiary/aromatic N) is 2. The number of amidine groups is 1. The van der Waals surface area contributed by atoms with Crippen LogP contribution in [0.1, 0.15) is 11.1 Å². The molecule has 200 valence electrons. The number of carbonyl (C=O) groups excluding carboxylic acids is 1. The molecular formula is C28H26FN5O4S. The highest BCUT2D eigenvalue weighted by atomic mass is 32.2. The Balaban J connectivity index is 1.61. The van der Waals surface area contributed by atoms with Gasteiger partial charge in [0.2, 0.25) is 0 Å². The summed E-state index contributed by atoms with van der Waals surface area (Å²) in [4.78, 5) is 13.4. The first-order chi connectivity index (χ1) is 18.7. The second-order valence-corrected chi connectivity index (χ2v) is 10.6. The van der Waals surface area contributed by atoms with Gasteiger partial charge in [-0.1, -0.05) is 71.9 Å². The van der Waals surface area contributed by atoms with Crippen molar-refractivity contribution in [2.75, 3.05) is 17.0 Å². The lowest BCUT2D eigenvalue weighted by Gasteiger charge is -2.25. The van der Waals surface area contributed by atoms with Gasteiger partial charge < -0.3 is 16.3 Å². The van der Waals surface area contributed by atoms with Gasteiger partial charge >= 0.3 is 6.03 Å². The Morgan fingerprint density at radius 3 is 2.38 bits per heavy atom. The van der Waals surface area contributed by atoms with E-state index in [9.17, 15) is 13.2 Å². The largest absolute Gasteiger partial charge is 0.409 e. The fourth-order valence-corrected chi connectivity index (χ4v) is 4.80. The molecule has 0 aliphatic heterocycles. The van der Waals surface area contributed by atoms with Crippen LogP contribution in [0, 0.1) is 5.82 Å². The van der Waals surface area contributed by atoms with Crippen molar-refractivity contribution in [1.82, 2.24) is 5.01 Å². The summed E-state index contributed by atoms with van der Waals surface area (Å²) in [6.45, 7) is 0.127. The summed E-state index contributed by atoms with van der Waals surface area (Å²) >= 11 is 0. The molecule has 0 saturated heterocycles. The molecule has 0 bridgehead atoms. The van der Waals surface area contributed by atoms with Crippen LogP contribution in [-0.4, -0.2) is 36.8 Å². The maximum atomic E-state index is 15.2. The second kappa shape index (κ2) is 11.7. The van der Waals surface area contributed by atoms with Gasteiger partial charge in [0, 0.05) is 17.4 Å². The number of nitrogens with two attached hydrogens (primary N) is 1. The van der Waals surface area contributed by atoms with Gasteiger partial charge in [-0.3, -0.25) is 5.43 Å². The van der Waals surface area contributed by atoms with Crippen molar-refractivity contribution in [3.63, 3.8) is 0 Å². The highest BCUT2D eigenvalue weighted by Gasteiger charge is 2.19. The van der Waals surface area contributed by atoms with Gasteiger partial charge in [0.15, 0.2) is 15.7 Å². The van der Waals surface area contributed by atoms with E-state index in [1.54, 1.807) is 42.5 Å². The van der Waals surface area contributed by atoms with Gasteiger partial charge in [0.05, 0.1) is 22.8 Å². The summed E-state index contributed by atoms with van der Waals surface area (Å²) in [5.74, 6) is -0.838. The number of nitrogens with one attached hydrogen (secondary N) is 2. The van der Waals surface area contributed by atoms with Crippen molar-refractivity contribution in [2.45, 2.75) is 11.4 Å². The Morgan fingerprint density at radius 2 is 1.69 bits per heavy atom. The van der Waals surface area contributed by atoms with Crippen molar-refractivity contribution in [2.24, 2.45) is 10.9 Å². The molecule has 0 spiro atoms. The van der Waals surface area contributed by atoms with Gasteiger partial charge in [-0.15, -0.1) is 0 Å². The Bertz CT molecular complexity index is 1630. The van der Waals surface area contributed by atoms with Gasteiger partial charge in [0.1, 0.15) is 5.82 Å². The van der Waals surface area contributed by atoms with Crippen LogP contribution in [0.4, 0.5) is 20.6 Å². The van der Waals surface area contributed by atoms with Crippen molar-refractivity contribution in [1.29, 1.82) is 0 Å². The van der Waals surface area contributed by atoms with E-state index in [1.165, 1.54) is 29.3 Å². The number of sulfone groups is 1. The number of amides is 2. The maximum Gasteiger partial charge on any atom is 0.340 e. The lowest BCUT2D eigenvalue weighted by Crippen LogP contribution is -2.39. The third-order valence-electron chi connectivity index (χ3n) is 5.77. The van der Waals surface area contributed by atoms with E-state index >= 15 is 4.39 Å². The van der Waals surface area contributed by atoms with E-state index in [4.69, 9.17) is 10.9 Å². The van der Waals surface area contributed by atoms with Crippen LogP contribution in [0.5, 0.6) is 0 Å².